The first-order chi connectivity index (χ1) is 13.7. The van der Waals surface area contributed by atoms with E-state index in [0.717, 1.165) is 48.8 Å². The summed E-state index contributed by atoms with van der Waals surface area (Å²) in [7, 11) is 0. The van der Waals surface area contributed by atoms with Gasteiger partial charge in [-0.3, -0.25) is 9.13 Å². The topological polar surface area (TPSA) is 64.7 Å². The van der Waals surface area contributed by atoms with E-state index in [1.54, 1.807) is 0 Å². The maximum atomic E-state index is 13.2. The molecule has 1 aliphatic carbocycles. The van der Waals surface area contributed by atoms with Gasteiger partial charge in [-0.25, -0.2) is 14.8 Å². The van der Waals surface area contributed by atoms with Crippen molar-refractivity contribution in [2.24, 2.45) is 0 Å². The first-order valence-corrected chi connectivity index (χ1v) is 10.6. The molecule has 1 aromatic rings. The molecule has 0 bridgehead atoms. The number of anilines is 1. The first kappa shape index (κ1) is 20.0. The van der Waals surface area contributed by atoms with Crippen molar-refractivity contribution in [3.05, 3.63) is 52.2 Å². The molecule has 0 saturated heterocycles. The van der Waals surface area contributed by atoms with Gasteiger partial charge in [-0.05, 0) is 31.2 Å². The second-order valence-corrected chi connectivity index (χ2v) is 8.16. The smallest absolute Gasteiger partial charge is 0.331 e. The molecular formula is C22H28ClN5O. The Balaban J connectivity index is 0.00000205. The molecule has 0 amide bonds. The van der Waals surface area contributed by atoms with Gasteiger partial charge in [0.05, 0.1) is 0 Å². The maximum Gasteiger partial charge on any atom is 0.331 e. The summed E-state index contributed by atoms with van der Waals surface area (Å²) in [4.78, 5) is 23.0. The molecule has 1 saturated carbocycles. The molecule has 0 radical (unpaired) electrons. The molecule has 154 valence electrons. The van der Waals surface area contributed by atoms with Crippen molar-refractivity contribution >= 4 is 18.2 Å². The van der Waals surface area contributed by atoms with Gasteiger partial charge < -0.3 is 5.32 Å². The van der Waals surface area contributed by atoms with Gasteiger partial charge in [0.15, 0.2) is 5.82 Å². The zero-order valence-electron chi connectivity index (χ0n) is 16.8. The van der Waals surface area contributed by atoms with Crippen LogP contribution in [0.5, 0.6) is 0 Å². The summed E-state index contributed by atoms with van der Waals surface area (Å²) in [6.07, 6.45) is 6.62. The number of rotatable bonds is 5. The van der Waals surface area contributed by atoms with E-state index in [-0.39, 0.29) is 24.1 Å². The van der Waals surface area contributed by atoms with Crippen LogP contribution < -0.4 is 11.0 Å². The number of nitrogens with one attached hydrogen (secondary N) is 1. The second kappa shape index (κ2) is 8.19. The summed E-state index contributed by atoms with van der Waals surface area (Å²) >= 11 is 0. The number of benzene rings is 1. The third-order valence-electron chi connectivity index (χ3n) is 6.11. The van der Waals surface area contributed by atoms with Crippen LogP contribution >= 0.6 is 12.4 Å². The van der Waals surface area contributed by atoms with Crippen molar-refractivity contribution in [2.45, 2.75) is 70.5 Å². The minimum Gasteiger partial charge on any atom is -0.365 e. The van der Waals surface area contributed by atoms with Crippen LogP contribution in [-0.2, 0) is 19.5 Å². The molecule has 6 nitrogen and oxygen atoms in total. The Bertz CT molecular complexity index is 1010. The Labute approximate surface area is 177 Å². The Morgan fingerprint density at radius 3 is 2.62 bits per heavy atom. The summed E-state index contributed by atoms with van der Waals surface area (Å²) in [5, 5.41) is 3.59. The van der Waals surface area contributed by atoms with Crippen LogP contribution in [-0.4, -0.2) is 25.1 Å². The molecule has 1 N–H and O–H groups in total. The standard InChI is InChI=1S/C22H27N5O.ClH/c1-2-12-26-21-18(24-19(25-21)16-10-6-7-11-16)20-23-17(14-27(20)22(26)28)13-15-8-4-3-5-9-15;/h3-5,8-9,16-17,23H,2,6-7,10-14H2,1H3;1H/t17-;/m0./s1. The fraction of sp³-hybridized carbons (Fsp3) is 0.500. The summed E-state index contributed by atoms with van der Waals surface area (Å²) in [5.41, 5.74) is 2.18. The van der Waals surface area contributed by atoms with E-state index in [1.165, 1.54) is 18.4 Å². The highest BCUT2D eigenvalue weighted by molar-refractivity contribution is 5.85. The van der Waals surface area contributed by atoms with Crippen LogP contribution in [0.4, 0.5) is 5.82 Å². The predicted molar refractivity (Wildman–Crippen MR) is 117 cm³/mol. The summed E-state index contributed by atoms with van der Waals surface area (Å²) in [6.45, 7) is 3.46. The number of halogens is 1. The SMILES string of the molecule is CCCn1c2nc(C3CCCC3)nc-2c2n(c1=O)C[C@H](Cc1ccccc1)N2.Cl. The van der Waals surface area contributed by atoms with E-state index in [2.05, 4.69) is 36.5 Å². The van der Waals surface area contributed by atoms with Crippen LogP contribution in [0.25, 0.3) is 11.5 Å². The van der Waals surface area contributed by atoms with Crippen molar-refractivity contribution in [3.8, 4) is 11.5 Å². The van der Waals surface area contributed by atoms with Gasteiger partial charge in [-0.2, -0.15) is 0 Å². The predicted octanol–water partition coefficient (Wildman–Crippen LogP) is 4.07. The van der Waals surface area contributed by atoms with Crippen molar-refractivity contribution in [2.75, 3.05) is 5.32 Å². The van der Waals surface area contributed by atoms with Crippen LogP contribution in [0.3, 0.4) is 0 Å². The Hall–Kier alpha value is -2.34. The van der Waals surface area contributed by atoms with E-state index in [4.69, 9.17) is 9.97 Å². The molecule has 0 aromatic heterocycles. The number of hydrogen-bond donors (Lipinski definition) is 1. The zero-order valence-corrected chi connectivity index (χ0v) is 17.6. The van der Waals surface area contributed by atoms with Crippen LogP contribution in [0, 0.1) is 0 Å². The van der Waals surface area contributed by atoms with Crippen molar-refractivity contribution in [3.63, 3.8) is 0 Å². The fourth-order valence-electron chi connectivity index (χ4n) is 4.74. The summed E-state index contributed by atoms with van der Waals surface area (Å²) in [5.74, 6) is 2.98. The van der Waals surface area contributed by atoms with Gasteiger partial charge in [0.1, 0.15) is 17.3 Å². The summed E-state index contributed by atoms with van der Waals surface area (Å²) in [6, 6.07) is 10.6. The molecule has 0 unspecified atom stereocenters. The highest BCUT2D eigenvalue weighted by atomic mass is 35.5. The highest BCUT2D eigenvalue weighted by Crippen LogP contribution is 2.37. The molecule has 4 aliphatic rings. The molecule has 3 aliphatic heterocycles. The largest absolute Gasteiger partial charge is 0.365 e. The average Bonchev–Trinajstić information content (AvgIpc) is 3.44. The third-order valence-corrected chi connectivity index (χ3v) is 6.11. The second-order valence-electron chi connectivity index (χ2n) is 8.16. The molecule has 5 rings (SSSR count). The van der Waals surface area contributed by atoms with Crippen LogP contribution in [0.15, 0.2) is 35.1 Å². The quantitative estimate of drug-likeness (QED) is 0.684. The van der Waals surface area contributed by atoms with Gasteiger partial charge in [0.2, 0.25) is 0 Å². The Morgan fingerprint density at radius 1 is 1.14 bits per heavy atom. The lowest BCUT2D eigenvalue weighted by atomic mass is 10.1. The normalized spacial score (nSPS) is 18.6. The number of aromatic nitrogens is 4. The molecular weight excluding hydrogens is 386 g/mol. The van der Waals surface area contributed by atoms with Gasteiger partial charge in [-0.1, -0.05) is 50.1 Å². The lowest BCUT2D eigenvalue weighted by Gasteiger charge is -2.13. The van der Waals surface area contributed by atoms with Gasteiger partial charge >= 0.3 is 5.69 Å². The number of fused-ring (bicyclic) bond motifs is 3. The molecule has 1 atom stereocenters. The van der Waals surface area contributed by atoms with E-state index in [0.29, 0.717) is 19.0 Å². The van der Waals surface area contributed by atoms with Gasteiger partial charge in [0.25, 0.3) is 0 Å². The van der Waals surface area contributed by atoms with Crippen molar-refractivity contribution < 1.29 is 0 Å². The summed E-state index contributed by atoms with van der Waals surface area (Å²) < 4.78 is 3.70. The minimum absolute atomic E-state index is 0. The van der Waals surface area contributed by atoms with Crippen LogP contribution in [0.1, 0.15) is 56.3 Å². The highest BCUT2D eigenvalue weighted by Gasteiger charge is 2.33. The minimum atomic E-state index is 0. The van der Waals surface area contributed by atoms with Crippen molar-refractivity contribution in [1.82, 2.24) is 19.1 Å². The van der Waals surface area contributed by atoms with Gasteiger partial charge in [-0.15, -0.1) is 12.4 Å². The fourth-order valence-corrected chi connectivity index (χ4v) is 4.74. The van der Waals surface area contributed by atoms with Crippen molar-refractivity contribution in [1.29, 1.82) is 0 Å². The number of nitrogens with zero attached hydrogens (tertiary/aromatic N) is 4. The van der Waals surface area contributed by atoms with E-state index >= 15 is 0 Å². The lowest BCUT2D eigenvalue weighted by Crippen LogP contribution is -2.32. The monoisotopic (exact) mass is 413 g/mol. The molecule has 29 heavy (non-hydrogen) atoms. The average molecular weight is 414 g/mol. The van der Waals surface area contributed by atoms with Gasteiger partial charge in [0, 0.05) is 25.0 Å². The van der Waals surface area contributed by atoms with E-state index < -0.39 is 0 Å². The van der Waals surface area contributed by atoms with Crippen LogP contribution in [0.2, 0.25) is 0 Å². The molecule has 7 heteroatoms. The first-order valence-electron chi connectivity index (χ1n) is 10.6. The van der Waals surface area contributed by atoms with E-state index in [1.807, 2.05) is 15.2 Å². The molecule has 1 aromatic carbocycles. The Morgan fingerprint density at radius 2 is 1.90 bits per heavy atom. The lowest BCUT2D eigenvalue weighted by molar-refractivity contribution is 0.560. The molecule has 1 fully saturated rings. The number of imidazole rings is 1. The number of hydrogen-bond acceptors (Lipinski definition) is 4. The Kier molecular flexibility index (Phi) is 5.63. The maximum absolute atomic E-state index is 13.2. The molecule has 0 spiro atoms. The zero-order chi connectivity index (χ0) is 19.1. The van der Waals surface area contributed by atoms with E-state index in [9.17, 15) is 4.79 Å². The third kappa shape index (κ3) is 3.54. The molecule has 3 heterocycles.